The van der Waals surface area contributed by atoms with Crippen LogP contribution in [0.15, 0.2) is 58.1 Å². The molecular formula is C23H24Cl2N4O5. The van der Waals surface area contributed by atoms with Gasteiger partial charge in [-0.15, -0.1) is 0 Å². The summed E-state index contributed by atoms with van der Waals surface area (Å²) in [5, 5.41) is 13.2. The Kier molecular flexibility index (Phi) is 7.47. The maximum absolute atomic E-state index is 13.5. The Morgan fingerprint density at radius 2 is 1.82 bits per heavy atom. The molecule has 180 valence electrons. The van der Waals surface area contributed by atoms with Crippen molar-refractivity contribution < 1.29 is 14.6 Å². The monoisotopic (exact) mass is 506 g/mol. The lowest BCUT2D eigenvalue weighted by Gasteiger charge is -2.26. The van der Waals surface area contributed by atoms with Crippen molar-refractivity contribution in [3.8, 4) is 5.75 Å². The molecule has 1 unspecified atom stereocenters. The van der Waals surface area contributed by atoms with Crippen molar-refractivity contribution in [2.24, 2.45) is 7.05 Å². The van der Waals surface area contributed by atoms with E-state index in [0.717, 1.165) is 10.1 Å². The molecule has 3 aromatic rings. The van der Waals surface area contributed by atoms with Crippen LogP contribution in [0.3, 0.4) is 0 Å². The van der Waals surface area contributed by atoms with E-state index >= 15 is 0 Å². The quantitative estimate of drug-likeness (QED) is 0.430. The molecule has 0 fully saturated rings. The van der Waals surface area contributed by atoms with E-state index in [9.17, 15) is 9.59 Å². The number of nitrogens with zero attached hydrogens (tertiary/aromatic N) is 3. The number of rotatable bonds is 9. The number of benzene rings is 2. The average Bonchev–Trinajstić information content (AvgIpc) is 3.16. The Morgan fingerprint density at radius 1 is 1.06 bits per heavy atom. The second kappa shape index (κ2) is 10.5. The minimum absolute atomic E-state index is 0.0490. The van der Waals surface area contributed by atoms with Gasteiger partial charge in [0, 0.05) is 23.6 Å². The number of nitrogens with one attached hydrogen (secondary N) is 1. The van der Waals surface area contributed by atoms with Gasteiger partial charge in [-0.1, -0.05) is 41.4 Å². The summed E-state index contributed by atoms with van der Waals surface area (Å²) in [5.41, 5.74) is 0.235. The Morgan fingerprint density at radius 3 is 2.53 bits per heavy atom. The molecule has 0 saturated heterocycles. The first kappa shape index (κ1) is 24.2. The predicted molar refractivity (Wildman–Crippen MR) is 131 cm³/mol. The first-order valence-corrected chi connectivity index (χ1v) is 11.4. The number of fused-ring (bicyclic) bond motifs is 1. The highest BCUT2D eigenvalue weighted by Crippen LogP contribution is 2.33. The molecule has 0 radical (unpaired) electrons. The summed E-state index contributed by atoms with van der Waals surface area (Å²) in [4.78, 5) is 28.1. The fourth-order valence-electron chi connectivity index (χ4n) is 3.72. The summed E-state index contributed by atoms with van der Waals surface area (Å²) in [7, 11) is 1.58. The van der Waals surface area contributed by atoms with Crippen LogP contribution in [0.2, 0.25) is 10.0 Å². The Bertz CT molecular complexity index is 1280. The molecule has 0 amide bonds. The van der Waals surface area contributed by atoms with Gasteiger partial charge >= 0.3 is 5.69 Å². The topological polar surface area (TPSA) is 98.0 Å². The number of aromatic nitrogens is 2. The molecule has 0 aliphatic carbocycles. The van der Waals surface area contributed by atoms with E-state index < -0.39 is 17.6 Å². The molecule has 4 rings (SSSR count). The molecule has 0 spiro atoms. The maximum atomic E-state index is 13.5. The number of halogens is 2. The Hall–Kier alpha value is -2.98. The minimum Gasteiger partial charge on any atom is -0.452 e. The third-order valence-corrected chi connectivity index (χ3v) is 5.85. The number of aliphatic hydroxyl groups is 1. The summed E-state index contributed by atoms with van der Waals surface area (Å²) in [5.74, 6) is 0.852. The largest absolute Gasteiger partial charge is 0.452 e. The predicted octanol–water partition coefficient (Wildman–Crippen LogP) is 2.66. The van der Waals surface area contributed by atoms with Gasteiger partial charge < -0.3 is 24.8 Å². The van der Waals surface area contributed by atoms with E-state index in [0.29, 0.717) is 33.8 Å². The highest BCUT2D eigenvalue weighted by Gasteiger charge is 2.36. The smallest absolute Gasteiger partial charge is 0.332 e. The van der Waals surface area contributed by atoms with Crippen molar-refractivity contribution in [1.29, 1.82) is 0 Å². The molecule has 2 aromatic carbocycles. The average molecular weight is 507 g/mol. The minimum atomic E-state index is -0.774. The molecule has 0 saturated carbocycles. The zero-order chi connectivity index (χ0) is 24.2. The number of anilines is 2. The van der Waals surface area contributed by atoms with Crippen LogP contribution < -0.4 is 26.2 Å². The van der Waals surface area contributed by atoms with Crippen LogP contribution in [-0.2, 0) is 24.9 Å². The van der Waals surface area contributed by atoms with Gasteiger partial charge in [0.25, 0.3) is 11.9 Å². The van der Waals surface area contributed by atoms with Crippen LogP contribution in [0.1, 0.15) is 5.56 Å². The summed E-state index contributed by atoms with van der Waals surface area (Å²) in [6, 6.07) is 14.2. The molecule has 1 aliphatic heterocycles. The lowest BCUT2D eigenvalue weighted by Crippen LogP contribution is -2.44. The van der Waals surface area contributed by atoms with Crippen LogP contribution in [0, 0.1) is 0 Å². The zero-order valence-corrected chi connectivity index (χ0v) is 19.9. The molecule has 34 heavy (non-hydrogen) atoms. The first-order valence-electron chi connectivity index (χ1n) is 10.6. The summed E-state index contributed by atoms with van der Waals surface area (Å²) < 4.78 is 13.9. The third kappa shape index (κ3) is 5.07. The molecule has 9 nitrogen and oxygen atoms in total. The second-order valence-electron chi connectivity index (χ2n) is 7.66. The van der Waals surface area contributed by atoms with Crippen LogP contribution in [-0.4, -0.2) is 40.4 Å². The lowest BCUT2D eigenvalue weighted by molar-refractivity contribution is 0.0858. The van der Waals surface area contributed by atoms with E-state index in [2.05, 4.69) is 5.32 Å². The van der Waals surface area contributed by atoms with Gasteiger partial charge in [-0.05, 0) is 35.9 Å². The standard InChI is InChI=1S/C23H24Cl2N4O5/c1-27-20-19(21(31)28(23(27)32)9-11-33-12-10-30)29(14-15-5-7-16(24)8-6-15)22(26-20)34-18-4-2-3-17(25)13-18/h2-8,13,22,26,30H,9-12,14H2,1H3. The van der Waals surface area contributed by atoms with Crippen molar-refractivity contribution >= 4 is 34.7 Å². The molecule has 0 bridgehead atoms. The van der Waals surface area contributed by atoms with Gasteiger partial charge in [0.1, 0.15) is 17.3 Å². The molecule has 11 heteroatoms. The molecule has 1 atom stereocenters. The SMILES string of the molecule is Cn1c2c(c(=O)n(CCOCCO)c1=O)N(Cc1ccc(Cl)cc1)C(Oc1cccc(Cl)c1)N2. The lowest BCUT2D eigenvalue weighted by atomic mass is 10.2. The van der Waals surface area contributed by atoms with Crippen LogP contribution >= 0.6 is 23.2 Å². The molecule has 1 aromatic heterocycles. The second-order valence-corrected chi connectivity index (χ2v) is 8.53. The van der Waals surface area contributed by atoms with Crippen LogP contribution in [0.5, 0.6) is 5.75 Å². The molecule has 2 heterocycles. The van der Waals surface area contributed by atoms with Crippen molar-refractivity contribution in [2.75, 3.05) is 30.0 Å². The highest BCUT2D eigenvalue weighted by atomic mass is 35.5. The molecule has 2 N–H and O–H groups in total. The zero-order valence-electron chi connectivity index (χ0n) is 18.4. The van der Waals surface area contributed by atoms with Crippen LogP contribution in [0.4, 0.5) is 11.5 Å². The Labute approximate surface area is 205 Å². The summed E-state index contributed by atoms with van der Waals surface area (Å²) >= 11 is 12.1. The summed E-state index contributed by atoms with van der Waals surface area (Å²) in [6.07, 6.45) is -0.774. The van der Waals surface area contributed by atoms with Gasteiger partial charge in [0.05, 0.1) is 26.4 Å². The van der Waals surface area contributed by atoms with E-state index in [-0.39, 0.29) is 26.4 Å². The fourth-order valence-corrected chi connectivity index (χ4v) is 4.02. The first-order chi connectivity index (χ1) is 16.4. The van der Waals surface area contributed by atoms with Gasteiger partial charge in [-0.25, -0.2) is 4.79 Å². The number of hydrogen-bond donors (Lipinski definition) is 2. The highest BCUT2D eigenvalue weighted by molar-refractivity contribution is 6.30. The maximum Gasteiger partial charge on any atom is 0.332 e. The molecule has 1 aliphatic rings. The molecular weight excluding hydrogens is 483 g/mol. The van der Waals surface area contributed by atoms with Crippen LogP contribution in [0.25, 0.3) is 0 Å². The summed E-state index contributed by atoms with van der Waals surface area (Å²) in [6.45, 7) is 0.462. The van der Waals surface area contributed by atoms with Crippen molar-refractivity contribution in [3.05, 3.63) is 85.0 Å². The number of ether oxygens (including phenoxy) is 2. The van der Waals surface area contributed by atoms with Crippen molar-refractivity contribution in [1.82, 2.24) is 9.13 Å². The third-order valence-electron chi connectivity index (χ3n) is 5.36. The Balaban J connectivity index is 1.74. The van der Waals surface area contributed by atoms with E-state index in [1.807, 2.05) is 12.1 Å². The van der Waals surface area contributed by atoms with Crippen molar-refractivity contribution in [3.63, 3.8) is 0 Å². The van der Waals surface area contributed by atoms with Gasteiger partial charge in [-0.3, -0.25) is 13.9 Å². The van der Waals surface area contributed by atoms with E-state index in [1.165, 1.54) is 4.57 Å². The van der Waals surface area contributed by atoms with E-state index in [4.69, 9.17) is 37.8 Å². The fraction of sp³-hybridized carbons (Fsp3) is 0.304. The van der Waals surface area contributed by atoms with Gasteiger partial charge in [0.15, 0.2) is 0 Å². The normalized spacial score (nSPS) is 14.7. The number of aliphatic hydroxyl groups excluding tert-OH is 1. The van der Waals surface area contributed by atoms with Gasteiger partial charge in [0.2, 0.25) is 0 Å². The van der Waals surface area contributed by atoms with E-state index in [1.54, 1.807) is 48.3 Å². The van der Waals surface area contributed by atoms with Crippen molar-refractivity contribution in [2.45, 2.75) is 19.4 Å². The number of hydrogen-bond acceptors (Lipinski definition) is 7. The van der Waals surface area contributed by atoms with Gasteiger partial charge in [-0.2, -0.15) is 0 Å².